The topological polar surface area (TPSA) is 58.4 Å². The molecular formula is C21H23FN4O2S. The van der Waals surface area contributed by atoms with Gasteiger partial charge in [0.05, 0.1) is 34.6 Å². The number of sulfonamides is 1. The Labute approximate surface area is 170 Å². The van der Waals surface area contributed by atoms with Crippen LogP contribution in [0.1, 0.15) is 11.1 Å². The standard InChI is InChI=1S/C21H23FN4O2S/c1-14-6-5-7-18-20(14)26(11-10-24(18)3)29(27,28)19-9-8-16(12-15(19)2)17-13-23-25(4)21(17)22/h5-9,12-13H,10-11H2,1-4H3. The van der Waals surface area contributed by atoms with Crippen molar-refractivity contribution in [3.8, 4) is 11.1 Å². The van der Waals surface area contributed by atoms with Gasteiger partial charge in [0.25, 0.3) is 10.0 Å². The summed E-state index contributed by atoms with van der Waals surface area (Å²) < 4.78 is 44.0. The van der Waals surface area contributed by atoms with Crippen molar-refractivity contribution >= 4 is 21.4 Å². The Kier molecular flexibility index (Phi) is 4.61. The lowest BCUT2D eigenvalue weighted by molar-refractivity contribution is 0.506. The number of anilines is 2. The molecule has 0 amide bonds. The molecule has 3 aromatic rings. The zero-order chi connectivity index (χ0) is 20.9. The number of nitrogens with zero attached hydrogens (tertiary/aromatic N) is 4. The lowest BCUT2D eigenvalue weighted by Crippen LogP contribution is -2.43. The summed E-state index contributed by atoms with van der Waals surface area (Å²) in [5.74, 6) is -0.455. The van der Waals surface area contributed by atoms with Crippen molar-refractivity contribution in [2.45, 2.75) is 18.7 Å². The highest BCUT2D eigenvalue weighted by atomic mass is 32.2. The van der Waals surface area contributed by atoms with Gasteiger partial charge < -0.3 is 4.90 Å². The Morgan fingerprint density at radius 3 is 2.45 bits per heavy atom. The van der Waals surface area contributed by atoms with Crippen molar-refractivity contribution in [3.63, 3.8) is 0 Å². The number of hydrogen-bond acceptors (Lipinski definition) is 4. The highest BCUT2D eigenvalue weighted by Crippen LogP contribution is 2.39. The highest BCUT2D eigenvalue weighted by molar-refractivity contribution is 7.93. The van der Waals surface area contributed by atoms with Gasteiger partial charge in [0, 0.05) is 20.6 Å². The third-order valence-corrected chi connectivity index (χ3v) is 7.40. The molecule has 0 N–H and O–H groups in total. The van der Waals surface area contributed by atoms with E-state index in [2.05, 4.69) is 10.00 Å². The summed E-state index contributed by atoms with van der Waals surface area (Å²) in [6.07, 6.45) is 1.44. The Hall–Kier alpha value is -2.87. The second-order valence-electron chi connectivity index (χ2n) is 7.39. The number of benzene rings is 2. The van der Waals surface area contributed by atoms with Crippen LogP contribution < -0.4 is 9.21 Å². The number of para-hydroxylation sites is 1. The van der Waals surface area contributed by atoms with Crippen molar-refractivity contribution < 1.29 is 12.8 Å². The molecule has 0 fully saturated rings. The van der Waals surface area contributed by atoms with E-state index in [1.54, 1.807) is 25.1 Å². The van der Waals surface area contributed by atoms with Gasteiger partial charge in [-0.05, 0) is 48.7 Å². The van der Waals surface area contributed by atoms with Crippen molar-refractivity contribution in [3.05, 3.63) is 59.7 Å². The van der Waals surface area contributed by atoms with Crippen LogP contribution in [0.4, 0.5) is 15.8 Å². The maximum atomic E-state index is 14.2. The second-order valence-corrected chi connectivity index (χ2v) is 9.23. The fraction of sp³-hybridized carbons (Fsp3) is 0.286. The predicted molar refractivity (Wildman–Crippen MR) is 112 cm³/mol. The predicted octanol–water partition coefficient (Wildman–Crippen LogP) is 3.49. The first-order valence-corrected chi connectivity index (χ1v) is 10.8. The summed E-state index contributed by atoms with van der Waals surface area (Å²) in [5, 5.41) is 3.92. The zero-order valence-corrected chi connectivity index (χ0v) is 17.7. The molecule has 1 aliphatic heterocycles. The molecule has 6 nitrogen and oxygen atoms in total. The van der Waals surface area contributed by atoms with Crippen LogP contribution in [0.2, 0.25) is 0 Å². The van der Waals surface area contributed by atoms with E-state index in [1.165, 1.54) is 17.5 Å². The molecule has 0 saturated carbocycles. The second kappa shape index (κ2) is 6.88. The van der Waals surface area contributed by atoms with Crippen LogP contribution in [0.3, 0.4) is 0 Å². The number of rotatable bonds is 3. The van der Waals surface area contributed by atoms with Gasteiger partial charge >= 0.3 is 0 Å². The first kappa shape index (κ1) is 19.4. The molecular weight excluding hydrogens is 391 g/mol. The molecule has 0 bridgehead atoms. The van der Waals surface area contributed by atoms with Crippen LogP contribution in [0, 0.1) is 19.8 Å². The number of fused-ring (bicyclic) bond motifs is 1. The lowest BCUT2D eigenvalue weighted by Gasteiger charge is -2.37. The third-order valence-electron chi connectivity index (χ3n) is 5.44. The first-order chi connectivity index (χ1) is 13.7. The minimum atomic E-state index is -3.76. The average Bonchev–Trinajstić information content (AvgIpc) is 3.01. The minimum absolute atomic E-state index is 0.226. The van der Waals surface area contributed by atoms with Crippen molar-refractivity contribution in [1.29, 1.82) is 0 Å². The Bertz CT molecular complexity index is 1200. The molecule has 1 aromatic heterocycles. The van der Waals surface area contributed by atoms with Crippen molar-refractivity contribution in [2.75, 3.05) is 29.3 Å². The summed E-state index contributed by atoms with van der Waals surface area (Å²) in [5.41, 5.74) is 4.03. The van der Waals surface area contributed by atoms with Crippen LogP contribution >= 0.6 is 0 Å². The molecule has 152 valence electrons. The maximum absolute atomic E-state index is 14.2. The molecule has 0 spiro atoms. The maximum Gasteiger partial charge on any atom is 0.264 e. The van der Waals surface area contributed by atoms with Crippen LogP contribution in [-0.2, 0) is 17.1 Å². The van der Waals surface area contributed by atoms with Gasteiger partial charge in [-0.3, -0.25) is 4.31 Å². The molecule has 0 saturated heterocycles. The van der Waals surface area contributed by atoms with Crippen molar-refractivity contribution in [1.82, 2.24) is 9.78 Å². The number of halogens is 1. The third kappa shape index (κ3) is 3.07. The molecule has 8 heteroatoms. The van der Waals surface area contributed by atoms with Gasteiger partial charge in [0.1, 0.15) is 0 Å². The normalized spacial score (nSPS) is 14.2. The molecule has 0 unspecified atom stereocenters. The molecule has 2 heterocycles. The molecule has 0 atom stereocenters. The average molecular weight is 415 g/mol. The summed E-state index contributed by atoms with van der Waals surface area (Å²) in [6, 6.07) is 10.7. The molecule has 29 heavy (non-hydrogen) atoms. The number of aromatic nitrogens is 2. The van der Waals surface area contributed by atoms with E-state index in [0.717, 1.165) is 15.9 Å². The Balaban J connectivity index is 1.80. The van der Waals surface area contributed by atoms with Gasteiger partial charge in [0.2, 0.25) is 5.95 Å². The van der Waals surface area contributed by atoms with Crippen molar-refractivity contribution in [2.24, 2.45) is 7.05 Å². The van der Waals surface area contributed by atoms with E-state index in [9.17, 15) is 12.8 Å². The van der Waals surface area contributed by atoms with Crippen LogP contribution in [-0.4, -0.2) is 38.3 Å². The molecule has 0 aliphatic carbocycles. The van der Waals surface area contributed by atoms with E-state index in [0.29, 0.717) is 35.5 Å². The SMILES string of the molecule is Cc1cc(-c2cnn(C)c2F)ccc1S(=O)(=O)N1CCN(C)c2cccc(C)c21. The number of likely N-dealkylation sites (N-methyl/N-ethyl adjacent to an activating group) is 1. The fourth-order valence-electron chi connectivity index (χ4n) is 3.83. The monoisotopic (exact) mass is 414 g/mol. The van der Waals surface area contributed by atoms with E-state index in [-0.39, 0.29) is 4.90 Å². The summed E-state index contributed by atoms with van der Waals surface area (Å²) in [4.78, 5) is 2.29. The molecule has 0 radical (unpaired) electrons. The van der Waals surface area contributed by atoms with E-state index in [4.69, 9.17) is 0 Å². The largest absolute Gasteiger partial charge is 0.371 e. The van der Waals surface area contributed by atoms with Gasteiger partial charge in [-0.25, -0.2) is 13.1 Å². The first-order valence-electron chi connectivity index (χ1n) is 9.34. The van der Waals surface area contributed by atoms with Gasteiger partial charge in [-0.15, -0.1) is 0 Å². The van der Waals surface area contributed by atoms with E-state index >= 15 is 0 Å². The lowest BCUT2D eigenvalue weighted by atomic mass is 10.1. The molecule has 4 rings (SSSR count). The zero-order valence-electron chi connectivity index (χ0n) is 16.8. The van der Waals surface area contributed by atoms with E-state index in [1.807, 2.05) is 32.2 Å². The van der Waals surface area contributed by atoms with Gasteiger partial charge in [0.15, 0.2) is 0 Å². The minimum Gasteiger partial charge on any atom is -0.371 e. The van der Waals surface area contributed by atoms with Gasteiger partial charge in [-0.2, -0.15) is 9.49 Å². The number of aryl methyl sites for hydroxylation is 3. The van der Waals surface area contributed by atoms with Crippen LogP contribution in [0.25, 0.3) is 11.1 Å². The summed E-state index contributed by atoms with van der Waals surface area (Å²) in [6.45, 7) is 4.63. The Morgan fingerprint density at radius 2 is 1.79 bits per heavy atom. The van der Waals surface area contributed by atoms with E-state index < -0.39 is 16.0 Å². The summed E-state index contributed by atoms with van der Waals surface area (Å²) in [7, 11) is -0.275. The highest BCUT2D eigenvalue weighted by Gasteiger charge is 2.33. The fourth-order valence-corrected chi connectivity index (χ4v) is 5.57. The smallest absolute Gasteiger partial charge is 0.264 e. The van der Waals surface area contributed by atoms with Gasteiger partial charge in [-0.1, -0.05) is 18.2 Å². The van der Waals surface area contributed by atoms with Crippen LogP contribution in [0.15, 0.2) is 47.5 Å². The Morgan fingerprint density at radius 1 is 1.03 bits per heavy atom. The summed E-state index contributed by atoms with van der Waals surface area (Å²) >= 11 is 0. The quantitative estimate of drug-likeness (QED) is 0.658. The van der Waals surface area contributed by atoms with Crippen LogP contribution in [0.5, 0.6) is 0 Å². The molecule has 2 aromatic carbocycles. The number of hydrogen-bond donors (Lipinski definition) is 0. The molecule has 1 aliphatic rings.